The highest BCUT2D eigenvalue weighted by molar-refractivity contribution is 7.92. The first-order chi connectivity index (χ1) is 15.5. The molecular formula is C23H29Cl2N3O4S. The molecule has 2 aromatic rings. The lowest BCUT2D eigenvalue weighted by atomic mass is 10.1. The quantitative estimate of drug-likeness (QED) is 0.519. The van der Waals surface area contributed by atoms with Gasteiger partial charge >= 0.3 is 0 Å². The van der Waals surface area contributed by atoms with E-state index in [0.29, 0.717) is 34.3 Å². The monoisotopic (exact) mass is 513 g/mol. The summed E-state index contributed by atoms with van der Waals surface area (Å²) in [7, 11) is -3.82. The topological polar surface area (TPSA) is 86.8 Å². The minimum Gasteiger partial charge on any atom is -0.355 e. The number of rotatable bonds is 10. The lowest BCUT2D eigenvalue weighted by Gasteiger charge is -2.33. The minimum absolute atomic E-state index is 0.123. The van der Waals surface area contributed by atoms with E-state index in [1.807, 2.05) is 0 Å². The molecule has 1 N–H and O–H groups in total. The number of halogens is 2. The van der Waals surface area contributed by atoms with Crippen LogP contribution in [-0.4, -0.2) is 50.5 Å². The second-order valence-electron chi connectivity index (χ2n) is 7.62. The number of anilines is 1. The molecule has 0 unspecified atom stereocenters. The third-order valence-electron chi connectivity index (χ3n) is 5.19. The Hall–Kier alpha value is -2.29. The molecule has 0 radical (unpaired) electrons. The molecule has 0 aromatic heterocycles. The van der Waals surface area contributed by atoms with Gasteiger partial charge in [-0.2, -0.15) is 0 Å². The molecule has 0 saturated carbocycles. The maximum atomic E-state index is 13.5. The number of carbonyl (C=O) groups is 2. The Labute approximate surface area is 205 Å². The van der Waals surface area contributed by atoms with Crippen molar-refractivity contribution in [2.75, 3.05) is 23.7 Å². The zero-order chi connectivity index (χ0) is 24.8. The average molecular weight is 514 g/mol. The molecule has 0 fully saturated rings. The molecule has 180 valence electrons. The van der Waals surface area contributed by atoms with Crippen LogP contribution < -0.4 is 9.62 Å². The minimum atomic E-state index is -3.82. The number of nitrogens with zero attached hydrogens (tertiary/aromatic N) is 2. The van der Waals surface area contributed by atoms with Crippen molar-refractivity contribution in [1.29, 1.82) is 0 Å². The fourth-order valence-electron chi connectivity index (χ4n) is 3.46. The summed E-state index contributed by atoms with van der Waals surface area (Å²) in [5.41, 5.74) is 1.62. The third kappa shape index (κ3) is 7.09. The summed E-state index contributed by atoms with van der Waals surface area (Å²) in [5.74, 6) is -0.806. The molecule has 10 heteroatoms. The zero-order valence-corrected chi connectivity index (χ0v) is 21.5. The van der Waals surface area contributed by atoms with Crippen molar-refractivity contribution in [3.05, 3.63) is 63.6 Å². The number of benzene rings is 2. The van der Waals surface area contributed by atoms with Gasteiger partial charge in [0, 0.05) is 23.1 Å². The van der Waals surface area contributed by atoms with E-state index in [1.54, 1.807) is 63.2 Å². The van der Waals surface area contributed by atoms with Crippen LogP contribution in [0.15, 0.2) is 42.5 Å². The number of sulfonamides is 1. The van der Waals surface area contributed by atoms with Crippen LogP contribution in [0.25, 0.3) is 0 Å². The molecule has 0 aliphatic carbocycles. The first-order valence-corrected chi connectivity index (χ1v) is 13.1. The number of likely N-dealkylation sites (N-methyl/N-ethyl adjacent to an activating group) is 1. The number of carbonyl (C=O) groups excluding carboxylic acids is 2. The van der Waals surface area contributed by atoms with Gasteiger partial charge in [-0.3, -0.25) is 13.9 Å². The number of hydrogen-bond donors (Lipinski definition) is 1. The first kappa shape index (κ1) is 27.0. The van der Waals surface area contributed by atoms with E-state index in [0.717, 1.165) is 16.1 Å². The Morgan fingerprint density at radius 1 is 1.06 bits per heavy atom. The Morgan fingerprint density at radius 2 is 1.70 bits per heavy atom. The molecule has 0 spiro atoms. The van der Waals surface area contributed by atoms with Crippen LogP contribution in [0.1, 0.15) is 31.4 Å². The lowest BCUT2D eigenvalue weighted by molar-refractivity contribution is -0.140. The van der Waals surface area contributed by atoms with Crippen LogP contribution in [0.3, 0.4) is 0 Å². The van der Waals surface area contributed by atoms with Crippen molar-refractivity contribution in [2.24, 2.45) is 0 Å². The summed E-state index contributed by atoms with van der Waals surface area (Å²) in [5, 5.41) is 3.69. The summed E-state index contributed by atoms with van der Waals surface area (Å²) in [4.78, 5) is 27.7. The van der Waals surface area contributed by atoms with Gasteiger partial charge in [0.05, 0.1) is 11.9 Å². The largest absolute Gasteiger partial charge is 0.355 e. The van der Waals surface area contributed by atoms with Gasteiger partial charge in [-0.1, -0.05) is 48.3 Å². The maximum absolute atomic E-state index is 13.5. The summed E-state index contributed by atoms with van der Waals surface area (Å²) in [6.07, 6.45) is 1.39. The molecule has 0 saturated heterocycles. The summed E-state index contributed by atoms with van der Waals surface area (Å²) in [6, 6.07) is 11.0. The van der Waals surface area contributed by atoms with E-state index in [4.69, 9.17) is 23.2 Å². The van der Waals surface area contributed by atoms with Crippen molar-refractivity contribution in [3.63, 3.8) is 0 Å². The Morgan fingerprint density at radius 3 is 2.24 bits per heavy atom. The first-order valence-electron chi connectivity index (χ1n) is 10.5. The Kier molecular flexibility index (Phi) is 9.57. The van der Waals surface area contributed by atoms with Gasteiger partial charge in [-0.05, 0) is 55.7 Å². The van der Waals surface area contributed by atoms with Crippen LogP contribution in [0.4, 0.5) is 5.69 Å². The second kappa shape index (κ2) is 11.7. The fourth-order valence-corrected chi connectivity index (χ4v) is 4.65. The van der Waals surface area contributed by atoms with Crippen LogP contribution in [0.5, 0.6) is 0 Å². The Balaban J connectivity index is 2.47. The molecule has 2 rings (SSSR count). The smallest absolute Gasteiger partial charge is 0.244 e. The predicted molar refractivity (Wildman–Crippen MR) is 133 cm³/mol. The van der Waals surface area contributed by atoms with Gasteiger partial charge in [0.25, 0.3) is 0 Å². The molecule has 0 aliphatic heterocycles. The third-order valence-corrected chi connectivity index (χ3v) is 6.98. The van der Waals surface area contributed by atoms with Crippen molar-refractivity contribution in [1.82, 2.24) is 10.2 Å². The lowest BCUT2D eigenvalue weighted by Crippen LogP contribution is -2.52. The molecule has 0 bridgehead atoms. The average Bonchev–Trinajstić information content (AvgIpc) is 2.75. The summed E-state index contributed by atoms with van der Waals surface area (Å²) in [6.45, 7) is 5.35. The summed E-state index contributed by atoms with van der Waals surface area (Å²) >= 11 is 12.2. The predicted octanol–water partition coefficient (Wildman–Crippen LogP) is 4.01. The molecule has 0 heterocycles. The molecule has 33 heavy (non-hydrogen) atoms. The van der Waals surface area contributed by atoms with Crippen LogP contribution in [-0.2, 0) is 26.2 Å². The van der Waals surface area contributed by atoms with E-state index in [-0.39, 0.29) is 12.5 Å². The fraction of sp³-hybridized carbons (Fsp3) is 0.391. The van der Waals surface area contributed by atoms with E-state index in [2.05, 4.69) is 5.32 Å². The standard InChI is InChI=1S/C23H29Cl2N3O4S/c1-5-20(23(30)26-6-2)27(14-17-10-12-18(24)13-11-17)22(29)15-28(33(4,31)32)21-9-7-8-19(25)16(21)3/h7-13,20H,5-6,14-15H2,1-4H3,(H,26,30)/t20-/m0/s1. The SMILES string of the molecule is CCNC(=O)[C@H](CC)N(Cc1ccc(Cl)cc1)C(=O)CN(c1cccc(Cl)c1C)S(C)(=O)=O. The van der Waals surface area contributed by atoms with Crippen molar-refractivity contribution >= 4 is 50.7 Å². The molecule has 2 amide bonds. The molecule has 2 aromatic carbocycles. The van der Waals surface area contributed by atoms with Gasteiger partial charge in [-0.25, -0.2) is 8.42 Å². The van der Waals surface area contributed by atoms with Gasteiger partial charge in [0.2, 0.25) is 21.8 Å². The molecule has 0 aliphatic rings. The van der Waals surface area contributed by atoms with Crippen molar-refractivity contribution in [3.8, 4) is 0 Å². The molecule has 7 nitrogen and oxygen atoms in total. The number of nitrogens with one attached hydrogen (secondary N) is 1. The highest BCUT2D eigenvalue weighted by Gasteiger charge is 2.32. The van der Waals surface area contributed by atoms with E-state index < -0.39 is 28.5 Å². The summed E-state index contributed by atoms with van der Waals surface area (Å²) < 4.78 is 26.3. The maximum Gasteiger partial charge on any atom is 0.244 e. The van der Waals surface area contributed by atoms with E-state index in [9.17, 15) is 18.0 Å². The second-order valence-corrected chi connectivity index (χ2v) is 10.4. The molecular weight excluding hydrogens is 485 g/mol. The van der Waals surface area contributed by atoms with Crippen LogP contribution >= 0.6 is 23.2 Å². The number of hydrogen-bond acceptors (Lipinski definition) is 4. The van der Waals surface area contributed by atoms with Gasteiger partial charge < -0.3 is 10.2 Å². The van der Waals surface area contributed by atoms with Gasteiger partial charge in [0.1, 0.15) is 12.6 Å². The highest BCUT2D eigenvalue weighted by Crippen LogP contribution is 2.28. The van der Waals surface area contributed by atoms with Crippen LogP contribution in [0.2, 0.25) is 10.0 Å². The van der Waals surface area contributed by atoms with E-state index in [1.165, 1.54) is 4.90 Å². The highest BCUT2D eigenvalue weighted by atomic mass is 35.5. The van der Waals surface area contributed by atoms with Crippen molar-refractivity contribution in [2.45, 2.75) is 39.8 Å². The van der Waals surface area contributed by atoms with Crippen LogP contribution in [0, 0.1) is 6.92 Å². The van der Waals surface area contributed by atoms with Gasteiger partial charge in [0.15, 0.2) is 0 Å². The van der Waals surface area contributed by atoms with E-state index >= 15 is 0 Å². The zero-order valence-electron chi connectivity index (χ0n) is 19.1. The van der Waals surface area contributed by atoms with Crippen molar-refractivity contribution < 1.29 is 18.0 Å². The molecule has 1 atom stereocenters. The normalized spacial score (nSPS) is 12.2. The Bertz CT molecular complexity index is 1090. The van der Waals surface area contributed by atoms with Gasteiger partial charge in [-0.15, -0.1) is 0 Å². The number of amides is 2.